The average Bonchev–Trinajstić information content (AvgIpc) is 2.93. The fraction of sp³-hybridized carbons (Fsp3) is 0.400. The van der Waals surface area contributed by atoms with Crippen LogP contribution in [0.2, 0.25) is 0 Å². The van der Waals surface area contributed by atoms with Crippen LogP contribution in [-0.2, 0) is 4.74 Å². The lowest BCUT2D eigenvalue weighted by Gasteiger charge is -2.41. The molecule has 102 valence electrons. The summed E-state index contributed by atoms with van der Waals surface area (Å²) in [6.45, 7) is 0. The van der Waals surface area contributed by atoms with E-state index in [4.69, 9.17) is 4.74 Å². The molecule has 2 bridgehead atoms. The number of nitro groups is 1. The quantitative estimate of drug-likeness (QED) is 0.471. The van der Waals surface area contributed by atoms with Crippen molar-refractivity contribution in [1.29, 1.82) is 0 Å². The van der Waals surface area contributed by atoms with Gasteiger partial charge in [-0.3, -0.25) is 10.1 Å². The van der Waals surface area contributed by atoms with Crippen LogP contribution in [-0.4, -0.2) is 22.6 Å². The van der Waals surface area contributed by atoms with Crippen LogP contribution < -0.4 is 0 Å². The highest BCUT2D eigenvalue weighted by Crippen LogP contribution is 2.50. The molecule has 5 rings (SSSR count). The van der Waals surface area contributed by atoms with Crippen LogP contribution in [0.25, 0.3) is 0 Å². The molecule has 0 aromatic heterocycles. The number of hydrogen-bond acceptors (Lipinski definition) is 4. The lowest BCUT2D eigenvalue weighted by atomic mass is 9.67. The highest BCUT2D eigenvalue weighted by molar-refractivity contribution is 5.95. The number of fused-ring (bicyclic) bond motifs is 1. The first-order chi connectivity index (χ1) is 9.72. The molecule has 0 saturated heterocycles. The maximum atomic E-state index is 11.7. The van der Waals surface area contributed by atoms with Crippen LogP contribution in [0.15, 0.2) is 47.5 Å². The van der Waals surface area contributed by atoms with Crippen molar-refractivity contribution in [2.45, 2.75) is 24.6 Å². The van der Waals surface area contributed by atoms with E-state index in [9.17, 15) is 10.1 Å². The molecular formula is C15H14N2O3. The highest BCUT2D eigenvalue weighted by Gasteiger charge is 2.67. The molecule has 0 spiro atoms. The van der Waals surface area contributed by atoms with Crippen molar-refractivity contribution in [2.24, 2.45) is 16.8 Å². The molecule has 1 saturated carbocycles. The number of aliphatic imine (C=N–C) groups is 1. The second-order valence-electron chi connectivity index (χ2n) is 5.59. The zero-order valence-corrected chi connectivity index (χ0v) is 10.8. The smallest absolute Gasteiger partial charge is 0.358 e. The third-order valence-corrected chi connectivity index (χ3v) is 4.59. The SMILES string of the molecule is O=[N+]([O-])[C@]12N=C(c3ccccc3)O[C@H]1[C@H]1C=C[C@@H]2CC1. The predicted molar refractivity (Wildman–Crippen MR) is 72.9 cm³/mol. The van der Waals surface area contributed by atoms with Crippen LogP contribution in [0.3, 0.4) is 0 Å². The summed E-state index contributed by atoms with van der Waals surface area (Å²) in [6.07, 6.45) is 5.31. The third-order valence-electron chi connectivity index (χ3n) is 4.59. The van der Waals surface area contributed by atoms with E-state index in [-0.39, 0.29) is 16.8 Å². The lowest BCUT2D eigenvalue weighted by Crippen LogP contribution is -2.58. The molecule has 5 heteroatoms. The first-order valence-electron chi connectivity index (χ1n) is 6.86. The molecule has 0 amide bonds. The number of benzene rings is 1. The minimum Gasteiger partial charge on any atom is -0.463 e. The first-order valence-corrected chi connectivity index (χ1v) is 6.86. The van der Waals surface area contributed by atoms with Gasteiger partial charge in [0.05, 0.1) is 10.8 Å². The van der Waals surface area contributed by atoms with Gasteiger partial charge in [0.1, 0.15) is 0 Å². The molecule has 3 aliphatic carbocycles. The number of hydrogen-bond donors (Lipinski definition) is 0. The van der Waals surface area contributed by atoms with Gasteiger partial charge in [0.25, 0.3) is 0 Å². The van der Waals surface area contributed by atoms with Crippen molar-refractivity contribution in [1.82, 2.24) is 0 Å². The van der Waals surface area contributed by atoms with E-state index < -0.39 is 11.8 Å². The molecule has 1 aromatic carbocycles. The van der Waals surface area contributed by atoms with Crippen LogP contribution >= 0.6 is 0 Å². The molecule has 1 aromatic rings. The van der Waals surface area contributed by atoms with Gasteiger partial charge in [-0.15, -0.1) is 0 Å². The van der Waals surface area contributed by atoms with Gasteiger partial charge < -0.3 is 4.74 Å². The molecule has 5 nitrogen and oxygen atoms in total. The largest absolute Gasteiger partial charge is 0.463 e. The zero-order valence-electron chi connectivity index (χ0n) is 10.8. The van der Waals surface area contributed by atoms with Gasteiger partial charge in [-0.1, -0.05) is 30.4 Å². The highest BCUT2D eigenvalue weighted by atomic mass is 16.6. The minimum absolute atomic E-state index is 0.0929. The van der Waals surface area contributed by atoms with E-state index in [0.29, 0.717) is 5.90 Å². The van der Waals surface area contributed by atoms with Crippen molar-refractivity contribution in [2.75, 3.05) is 0 Å². The zero-order chi connectivity index (χ0) is 13.7. The Bertz CT molecular complexity index is 625. The Hall–Kier alpha value is -2.17. The second kappa shape index (κ2) is 3.91. The van der Waals surface area contributed by atoms with Crippen molar-refractivity contribution >= 4 is 5.90 Å². The molecule has 0 N–H and O–H groups in total. The summed E-state index contributed by atoms with van der Waals surface area (Å²) >= 11 is 0. The number of nitrogens with zero attached hydrogens (tertiary/aromatic N) is 2. The van der Waals surface area contributed by atoms with E-state index in [0.717, 1.165) is 18.4 Å². The Morgan fingerprint density at radius 1 is 1.25 bits per heavy atom. The van der Waals surface area contributed by atoms with Gasteiger partial charge in [0, 0.05) is 11.5 Å². The van der Waals surface area contributed by atoms with Crippen molar-refractivity contribution in [3.63, 3.8) is 0 Å². The summed E-state index contributed by atoms with van der Waals surface area (Å²) in [5.74, 6) is 0.344. The molecular weight excluding hydrogens is 256 g/mol. The monoisotopic (exact) mass is 270 g/mol. The summed E-state index contributed by atoms with van der Waals surface area (Å²) in [5.41, 5.74) is -0.509. The van der Waals surface area contributed by atoms with Gasteiger partial charge in [-0.25, -0.2) is 0 Å². The number of ether oxygens (including phenoxy) is 1. The fourth-order valence-electron chi connectivity index (χ4n) is 3.60. The lowest BCUT2D eigenvalue weighted by molar-refractivity contribution is -0.590. The van der Waals surface area contributed by atoms with Crippen molar-refractivity contribution in [3.05, 3.63) is 58.2 Å². The van der Waals surface area contributed by atoms with E-state index in [1.165, 1.54) is 0 Å². The van der Waals surface area contributed by atoms with Crippen LogP contribution in [0.5, 0.6) is 0 Å². The topological polar surface area (TPSA) is 64.7 Å². The van der Waals surface area contributed by atoms with Crippen LogP contribution in [0.1, 0.15) is 18.4 Å². The number of rotatable bonds is 2. The summed E-state index contributed by atoms with van der Waals surface area (Å²) in [5, 5.41) is 11.7. The van der Waals surface area contributed by atoms with E-state index in [1.54, 1.807) is 0 Å². The third kappa shape index (κ3) is 1.35. The molecule has 0 radical (unpaired) electrons. The fourth-order valence-corrected chi connectivity index (χ4v) is 3.60. The minimum atomic E-state index is -1.32. The van der Waals surface area contributed by atoms with Crippen molar-refractivity contribution < 1.29 is 9.66 Å². The molecule has 1 heterocycles. The van der Waals surface area contributed by atoms with E-state index >= 15 is 0 Å². The van der Waals surface area contributed by atoms with E-state index in [2.05, 4.69) is 11.1 Å². The predicted octanol–water partition coefficient (Wildman–Crippen LogP) is 2.40. The first kappa shape index (κ1) is 11.6. The van der Waals surface area contributed by atoms with Gasteiger partial charge in [-0.05, 0) is 25.0 Å². The van der Waals surface area contributed by atoms with Crippen LogP contribution in [0.4, 0.5) is 0 Å². The Labute approximate surface area is 116 Å². The average molecular weight is 270 g/mol. The summed E-state index contributed by atoms with van der Waals surface area (Å²) in [4.78, 5) is 15.9. The van der Waals surface area contributed by atoms with Gasteiger partial charge in [-0.2, -0.15) is 4.99 Å². The van der Waals surface area contributed by atoms with Crippen LogP contribution in [0, 0.1) is 22.0 Å². The Morgan fingerprint density at radius 3 is 2.65 bits per heavy atom. The summed E-state index contributed by atoms with van der Waals surface area (Å²) < 4.78 is 5.91. The molecule has 0 unspecified atom stereocenters. The molecule has 1 aliphatic heterocycles. The van der Waals surface area contributed by atoms with Gasteiger partial charge in [0.2, 0.25) is 5.90 Å². The molecule has 4 atom stereocenters. The summed E-state index contributed by atoms with van der Waals surface area (Å²) in [6, 6.07) is 9.42. The molecule has 1 fully saturated rings. The van der Waals surface area contributed by atoms with Gasteiger partial charge >= 0.3 is 5.66 Å². The molecule has 4 aliphatic rings. The Balaban J connectivity index is 1.83. The maximum absolute atomic E-state index is 11.7. The van der Waals surface area contributed by atoms with E-state index in [1.807, 2.05) is 36.4 Å². The molecule has 20 heavy (non-hydrogen) atoms. The van der Waals surface area contributed by atoms with Crippen molar-refractivity contribution in [3.8, 4) is 0 Å². The normalized spacial score (nSPS) is 37.2. The van der Waals surface area contributed by atoms with Gasteiger partial charge in [0.15, 0.2) is 6.10 Å². The Kier molecular flexibility index (Phi) is 2.28. The maximum Gasteiger partial charge on any atom is 0.358 e. The summed E-state index contributed by atoms with van der Waals surface area (Å²) in [7, 11) is 0. The second-order valence-corrected chi connectivity index (χ2v) is 5.59. The standard InChI is InChI=1S/C15H14N2O3/c18-17(19)15-12-8-6-10(7-9-12)13(15)20-14(16-15)11-4-2-1-3-5-11/h1-6,8,10,12-13H,7,9H2/t10-,12+,13-,15-/m0/s1. The Morgan fingerprint density at radius 2 is 2.05 bits per heavy atom.